The van der Waals surface area contributed by atoms with E-state index >= 15 is 0 Å². The Balaban J connectivity index is 1.18. The maximum Gasteiger partial charge on any atom is 0.142 e. The van der Waals surface area contributed by atoms with E-state index < -0.39 is 0 Å². The van der Waals surface area contributed by atoms with Gasteiger partial charge in [0.1, 0.15) is 5.82 Å². The van der Waals surface area contributed by atoms with Crippen molar-refractivity contribution in [2.24, 2.45) is 0 Å². The average molecular weight is 639 g/mol. The fourth-order valence-electron chi connectivity index (χ4n) is 7.47. The Morgan fingerprint density at radius 2 is 1.32 bits per heavy atom. The van der Waals surface area contributed by atoms with Gasteiger partial charge in [-0.25, -0.2) is 4.98 Å². The van der Waals surface area contributed by atoms with Crippen LogP contribution >= 0.6 is 0 Å². The van der Waals surface area contributed by atoms with Crippen LogP contribution in [0.3, 0.4) is 0 Å². The monoisotopic (exact) mass is 638 g/mol. The summed E-state index contributed by atoms with van der Waals surface area (Å²) in [5.41, 5.74) is 13.3. The smallest absolute Gasteiger partial charge is 0.142 e. The highest BCUT2D eigenvalue weighted by Gasteiger charge is 2.27. The molecule has 1 aliphatic carbocycles. The Labute approximate surface area is 291 Å². The highest BCUT2D eigenvalue weighted by molar-refractivity contribution is 5.92. The summed E-state index contributed by atoms with van der Waals surface area (Å²) in [4.78, 5) is 5.42. The van der Waals surface area contributed by atoms with Crippen molar-refractivity contribution in [2.75, 3.05) is 0 Å². The molecule has 0 bridgehead atoms. The standard InChI is InChI=1S/C46H30N4/c47-27-30-9-13-35(14-10-30)44-45(36-15-11-31(28-48)12-16-36)50-29-40-7-3-4-8-41(40)42-24-23-39(26-43(42)46(50)49-44)34-19-17-33(18-20-34)38-22-21-32-5-1-2-6-37(32)25-38/h1-17,19-26,33H,18,29H2. The third kappa shape index (κ3) is 5.03. The molecule has 4 nitrogen and oxygen atoms in total. The molecule has 2 aliphatic rings. The molecule has 6 aromatic carbocycles. The number of hydrogen-bond acceptors (Lipinski definition) is 3. The van der Waals surface area contributed by atoms with Gasteiger partial charge in [0.2, 0.25) is 0 Å². The Hall–Kier alpha value is -6.75. The summed E-state index contributed by atoms with van der Waals surface area (Å²) >= 11 is 0. The van der Waals surface area contributed by atoms with Gasteiger partial charge >= 0.3 is 0 Å². The molecular weight excluding hydrogens is 609 g/mol. The van der Waals surface area contributed by atoms with Crippen molar-refractivity contribution in [2.45, 2.75) is 18.9 Å². The summed E-state index contributed by atoms with van der Waals surface area (Å²) in [6.07, 6.45) is 7.91. The van der Waals surface area contributed by atoms with E-state index in [1.165, 1.54) is 33.0 Å². The summed E-state index contributed by atoms with van der Waals surface area (Å²) < 4.78 is 2.32. The third-order valence-electron chi connectivity index (χ3n) is 10.1. The van der Waals surface area contributed by atoms with Crippen molar-refractivity contribution >= 4 is 16.3 Å². The maximum atomic E-state index is 9.53. The Morgan fingerprint density at radius 3 is 2.06 bits per heavy atom. The van der Waals surface area contributed by atoms with Crippen LogP contribution in [0.1, 0.15) is 40.2 Å². The second kappa shape index (κ2) is 12.0. The molecule has 0 fully saturated rings. The number of imidazole rings is 1. The second-order valence-corrected chi connectivity index (χ2v) is 13.0. The van der Waals surface area contributed by atoms with Gasteiger partial charge in [0, 0.05) is 22.6 Å². The van der Waals surface area contributed by atoms with Crippen molar-refractivity contribution in [3.05, 3.63) is 180 Å². The number of nitriles is 2. The van der Waals surface area contributed by atoms with Crippen LogP contribution in [0.2, 0.25) is 0 Å². The number of aromatic nitrogens is 2. The molecule has 0 N–H and O–H groups in total. The van der Waals surface area contributed by atoms with Crippen LogP contribution in [0.15, 0.2) is 152 Å². The van der Waals surface area contributed by atoms with Gasteiger partial charge < -0.3 is 4.57 Å². The minimum atomic E-state index is 0.333. The molecule has 0 amide bonds. The van der Waals surface area contributed by atoms with E-state index in [1.807, 2.05) is 48.5 Å². The molecule has 4 heteroatoms. The van der Waals surface area contributed by atoms with Gasteiger partial charge in [-0.2, -0.15) is 10.5 Å². The minimum absolute atomic E-state index is 0.333. The van der Waals surface area contributed by atoms with Crippen LogP contribution < -0.4 is 0 Å². The molecule has 234 valence electrons. The minimum Gasteiger partial charge on any atom is -0.319 e. The molecule has 1 atom stereocenters. The second-order valence-electron chi connectivity index (χ2n) is 13.0. The lowest BCUT2D eigenvalue weighted by molar-refractivity contribution is 0.821. The number of hydrogen-bond donors (Lipinski definition) is 0. The molecule has 0 saturated heterocycles. The van der Waals surface area contributed by atoms with E-state index in [0.717, 1.165) is 51.5 Å². The maximum absolute atomic E-state index is 9.53. The lowest BCUT2D eigenvalue weighted by Crippen LogP contribution is -2.03. The van der Waals surface area contributed by atoms with Gasteiger partial charge in [0.15, 0.2) is 0 Å². The summed E-state index contributed by atoms with van der Waals surface area (Å²) in [5.74, 6) is 1.23. The van der Waals surface area contributed by atoms with Gasteiger partial charge in [-0.05, 0) is 80.9 Å². The lowest BCUT2D eigenvalue weighted by Gasteiger charge is -2.18. The summed E-state index contributed by atoms with van der Waals surface area (Å²) in [7, 11) is 0. The molecule has 1 unspecified atom stereocenters. The first-order chi connectivity index (χ1) is 24.7. The van der Waals surface area contributed by atoms with Gasteiger partial charge in [-0.1, -0.05) is 121 Å². The van der Waals surface area contributed by atoms with E-state index in [-0.39, 0.29) is 0 Å². The molecule has 0 saturated carbocycles. The topological polar surface area (TPSA) is 65.4 Å². The number of benzene rings is 6. The predicted octanol–water partition coefficient (Wildman–Crippen LogP) is 10.9. The molecule has 1 aromatic heterocycles. The van der Waals surface area contributed by atoms with Gasteiger partial charge in [0.05, 0.1) is 41.2 Å². The van der Waals surface area contributed by atoms with Crippen LogP contribution in [0, 0.1) is 22.7 Å². The molecule has 7 aromatic rings. The van der Waals surface area contributed by atoms with Crippen molar-refractivity contribution < 1.29 is 0 Å². The van der Waals surface area contributed by atoms with Crippen LogP contribution in [0.25, 0.3) is 61.4 Å². The number of nitrogens with zero attached hydrogens (tertiary/aromatic N) is 4. The Kier molecular flexibility index (Phi) is 7.08. The highest BCUT2D eigenvalue weighted by atomic mass is 15.1. The van der Waals surface area contributed by atoms with Crippen LogP contribution in [-0.4, -0.2) is 9.55 Å². The van der Waals surface area contributed by atoms with Gasteiger partial charge in [-0.15, -0.1) is 0 Å². The van der Waals surface area contributed by atoms with Crippen LogP contribution in [-0.2, 0) is 6.54 Å². The fourth-order valence-corrected chi connectivity index (χ4v) is 7.47. The van der Waals surface area contributed by atoms with Crippen molar-refractivity contribution in [3.63, 3.8) is 0 Å². The quantitative estimate of drug-likeness (QED) is 0.193. The molecular formula is C46H30N4. The summed E-state index contributed by atoms with van der Waals surface area (Å²) in [6, 6.07) is 50.6. The van der Waals surface area contributed by atoms with E-state index in [0.29, 0.717) is 23.6 Å². The van der Waals surface area contributed by atoms with E-state index in [2.05, 4.69) is 120 Å². The first kappa shape index (κ1) is 29.4. The zero-order valence-corrected chi connectivity index (χ0v) is 27.2. The summed E-state index contributed by atoms with van der Waals surface area (Å²) in [5, 5.41) is 21.6. The first-order valence-electron chi connectivity index (χ1n) is 16.9. The van der Waals surface area contributed by atoms with E-state index in [1.54, 1.807) is 0 Å². The molecule has 0 radical (unpaired) electrons. The Morgan fingerprint density at radius 1 is 0.620 bits per heavy atom. The number of rotatable bonds is 4. The van der Waals surface area contributed by atoms with Crippen molar-refractivity contribution in [1.29, 1.82) is 10.5 Å². The van der Waals surface area contributed by atoms with E-state index in [9.17, 15) is 10.5 Å². The normalized spacial score (nSPS) is 14.4. The molecule has 50 heavy (non-hydrogen) atoms. The Bertz CT molecular complexity index is 2600. The first-order valence-corrected chi connectivity index (χ1v) is 16.9. The van der Waals surface area contributed by atoms with Crippen molar-refractivity contribution in [3.8, 4) is 57.2 Å². The highest BCUT2D eigenvalue weighted by Crippen LogP contribution is 2.45. The van der Waals surface area contributed by atoms with Crippen LogP contribution in [0.5, 0.6) is 0 Å². The molecule has 2 heterocycles. The zero-order chi connectivity index (χ0) is 33.6. The molecule has 1 aliphatic heterocycles. The van der Waals surface area contributed by atoms with Gasteiger partial charge in [0.25, 0.3) is 0 Å². The average Bonchev–Trinajstić information content (AvgIpc) is 3.50. The third-order valence-corrected chi connectivity index (χ3v) is 10.1. The fraction of sp³-hybridized carbons (Fsp3) is 0.0652. The molecule has 9 rings (SSSR count). The SMILES string of the molecule is N#Cc1ccc(-c2nc3n(c2-c2ccc(C#N)cc2)Cc2ccccc2-c2ccc(C4=CCC(c5ccc6ccccc6c5)C=C4)cc2-3)cc1. The van der Waals surface area contributed by atoms with Crippen LogP contribution in [0.4, 0.5) is 0 Å². The summed E-state index contributed by atoms with van der Waals surface area (Å²) in [6.45, 7) is 0.643. The van der Waals surface area contributed by atoms with Crippen molar-refractivity contribution in [1.82, 2.24) is 9.55 Å². The van der Waals surface area contributed by atoms with E-state index in [4.69, 9.17) is 4.98 Å². The molecule has 0 spiro atoms. The zero-order valence-electron chi connectivity index (χ0n) is 27.2. The number of fused-ring (bicyclic) bond motifs is 6. The lowest BCUT2D eigenvalue weighted by atomic mass is 9.86. The largest absolute Gasteiger partial charge is 0.319 e. The number of allylic oxidation sites excluding steroid dienone is 4. The van der Waals surface area contributed by atoms with Gasteiger partial charge in [-0.3, -0.25) is 0 Å². The predicted molar refractivity (Wildman–Crippen MR) is 201 cm³/mol.